The molecular formula is C32H24N2O3S2. The van der Waals surface area contributed by atoms with E-state index in [4.69, 9.17) is 14.1 Å². The maximum atomic E-state index is 13.9. The van der Waals surface area contributed by atoms with Gasteiger partial charge in [0, 0.05) is 16.5 Å². The number of hydrogen-bond acceptors (Lipinski definition) is 6. The largest absolute Gasteiger partial charge is 0.497 e. The van der Waals surface area contributed by atoms with Crippen LogP contribution in [0.5, 0.6) is 5.75 Å². The Morgan fingerprint density at radius 2 is 1.77 bits per heavy atom. The van der Waals surface area contributed by atoms with Gasteiger partial charge in [0.05, 0.1) is 23.4 Å². The fraction of sp³-hybridized carbons (Fsp3) is 0.125. The number of ether oxygens (including phenoxy) is 1. The topological polar surface area (TPSA) is 56.7 Å². The van der Waals surface area contributed by atoms with Crippen LogP contribution in [0.1, 0.15) is 34.9 Å². The van der Waals surface area contributed by atoms with Crippen molar-refractivity contribution in [1.82, 2.24) is 4.57 Å². The summed E-state index contributed by atoms with van der Waals surface area (Å²) < 4.78 is 13.9. The van der Waals surface area contributed by atoms with Crippen molar-refractivity contribution in [2.24, 2.45) is 4.99 Å². The van der Waals surface area contributed by atoms with Crippen LogP contribution in [0.15, 0.2) is 121 Å². The van der Waals surface area contributed by atoms with E-state index in [-0.39, 0.29) is 11.6 Å². The predicted octanol–water partition coefficient (Wildman–Crippen LogP) is 6.07. The SMILES string of the molecule is COc1ccc([C@H]2C3=C(N=c4s/c(=C\c5ccc(Sc6ccccc6)o5)c(=O)n42)c2ccccc2CC3)cc1. The molecule has 7 rings (SSSR count). The highest BCUT2D eigenvalue weighted by Crippen LogP contribution is 2.41. The quantitative estimate of drug-likeness (QED) is 0.268. The first-order valence-corrected chi connectivity index (χ1v) is 14.4. The van der Waals surface area contributed by atoms with Gasteiger partial charge in [-0.3, -0.25) is 9.36 Å². The Morgan fingerprint density at radius 1 is 0.974 bits per heavy atom. The average molecular weight is 549 g/mol. The number of methoxy groups -OCH3 is 1. The zero-order valence-electron chi connectivity index (χ0n) is 21.2. The van der Waals surface area contributed by atoms with Crippen LogP contribution in [-0.2, 0) is 6.42 Å². The molecule has 2 aliphatic rings. The third kappa shape index (κ3) is 4.37. The molecule has 0 radical (unpaired) electrons. The molecule has 0 amide bonds. The lowest BCUT2D eigenvalue weighted by Gasteiger charge is -2.30. The summed E-state index contributed by atoms with van der Waals surface area (Å²) in [4.78, 5) is 20.8. The molecule has 5 aromatic rings. The minimum Gasteiger partial charge on any atom is -0.497 e. The van der Waals surface area contributed by atoms with Crippen LogP contribution in [0.2, 0.25) is 0 Å². The summed E-state index contributed by atoms with van der Waals surface area (Å²) in [5.41, 5.74) is 5.61. The van der Waals surface area contributed by atoms with Gasteiger partial charge in [0.2, 0.25) is 0 Å². The van der Waals surface area contributed by atoms with E-state index in [1.165, 1.54) is 22.5 Å². The van der Waals surface area contributed by atoms with Crippen molar-refractivity contribution >= 4 is 34.9 Å². The summed E-state index contributed by atoms with van der Waals surface area (Å²) in [6, 6.07) is 30.2. The number of furan rings is 1. The van der Waals surface area contributed by atoms with Crippen molar-refractivity contribution in [3.05, 3.63) is 139 Å². The Kier molecular flexibility index (Phi) is 6.10. The van der Waals surface area contributed by atoms with E-state index in [1.54, 1.807) is 18.9 Å². The normalized spacial score (nSPS) is 16.3. The van der Waals surface area contributed by atoms with Crippen LogP contribution in [0.25, 0.3) is 11.8 Å². The minimum absolute atomic E-state index is 0.0568. The predicted molar refractivity (Wildman–Crippen MR) is 155 cm³/mol. The third-order valence-corrected chi connectivity index (χ3v) is 9.05. The fourth-order valence-electron chi connectivity index (χ4n) is 5.31. The summed E-state index contributed by atoms with van der Waals surface area (Å²) in [5, 5.41) is 0.781. The second kappa shape index (κ2) is 9.91. The van der Waals surface area contributed by atoms with E-state index < -0.39 is 0 Å². The van der Waals surface area contributed by atoms with Crippen molar-refractivity contribution in [2.45, 2.75) is 28.9 Å². The summed E-state index contributed by atoms with van der Waals surface area (Å²) >= 11 is 2.97. The van der Waals surface area contributed by atoms with Gasteiger partial charge in [-0.1, -0.05) is 77.7 Å². The van der Waals surface area contributed by atoms with Gasteiger partial charge in [0.25, 0.3) is 5.56 Å². The van der Waals surface area contributed by atoms with Crippen LogP contribution < -0.4 is 19.6 Å². The van der Waals surface area contributed by atoms with Crippen molar-refractivity contribution in [2.75, 3.05) is 7.11 Å². The van der Waals surface area contributed by atoms with Gasteiger partial charge in [0.1, 0.15) is 11.5 Å². The summed E-state index contributed by atoms with van der Waals surface area (Å²) in [7, 11) is 1.66. The molecule has 0 bridgehead atoms. The first kappa shape index (κ1) is 24.0. The molecule has 192 valence electrons. The molecule has 5 nitrogen and oxygen atoms in total. The lowest BCUT2D eigenvalue weighted by atomic mass is 9.83. The molecule has 3 heterocycles. The van der Waals surface area contributed by atoms with Gasteiger partial charge >= 0.3 is 0 Å². The molecule has 3 aromatic carbocycles. The van der Waals surface area contributed by atoms with Gasteiger partial charge in [-0.25, -0.2) is 4.99 Å². The van der Waals surface area contributed by atoms with Crippen molar-refractivity contribution in [1.29, 1.82) is 0 Å². The molecule has 7 heteroatoms. The number of nitrogens with zero attached hydrogens (tertiary/aromatic N) is 2. The summed E-state index contributed by atoms with van der Waals surface area (Å²) in [5.74, 6) is 1.44. The second-order valence-electron chi connectivity index (χ2n) is 9.46. The zero-order valence-corrected chi connectivity index (χ0v) is 22.8. The molecule has 1 aliphatic carbocycles. The van der Waals surface area contributed by atoms with Crippen LogP contribution in [0, 0.1) is 0 Å². The average Bonchev–Trinajstić information content (AvgIpc) is 3.55. The maximum Gasteiger partial charge on any atom is 0.271 e. The number of aryl methyl sites for hydroxylation is 1. The Bertz CT molecular complexity index is 1900. The number of allylic oxidation sites excluding steroid dienone is 1. The zero-order chi connectivity index (χ0) is 26.3. The van der Waals surface area contributed by atoms with Crippen LogP contribution in [-0.4, -0.2) is 11.7 Å². The second-order valence-corrected chi connectivity index (χ2v) is 11.5. The molecule has 0 spiro atoms. The van der Waals surface area contributed by atoms with Gasteiger partial charge in [-0.2, -0.15) is 0 Å². The van der Waals surface area contributed by atoms with Crippen molar-refractivity contribution in [3.63, 3.8) is 0 Å². The molecule has 0 saturated heterocycles. The minimum atomic E-state index is -0.224. The van der Waals surface area contributed by atoms with E-state index in [0.29, 0.717) is 15.1 Å². The monoisotopic (exact) mass is 548 g/mol. The summed E-state index contributed by atoms with van der Waals surface area (Å²) in [6.45, 7) is 0. The Balaban J connectivity index is 1.36. The lowest BCUT2D eigenvalue weighted by Crippen LogP contribution is -2.38. The molecule has 0 unspecified atom stereocenters. The number of benzene rings is 3. The molecule has 39 heavy (non-hydrogen) atoms. The Labute approximate surface area is 233 Å². The Morgan fingerprint density at radius 3 is 2.59 bits per heavy atom. The highest BCUT2D eigenvalue weighted by molar-refractivity contribution is 7.99. The maximum absolute atomic E-state index is 13.9. The van der Waals surface area contributed by atoms with Gasteiger partial charge in [0.15, 0.2) is 9.89 Å². The standard InChI is InChI=1S/C32H24N2O3S2/c1-36-22-14-11-21(12-15-22)30-26-17-13-20-7-5-6-10-25(20)29(26)33-32-34(30)31(35)27(39-32)19-23-16-18-28(37-23)38-24-8-3-2-4-9-24/h2-12,14-16,18-19,30H,13,17H2,1H3/b27-19-/t30-/m0/s1. The van der Waals surface area contributed by atoms with Crippen LogP contribution >= 0.6 is 23.1 Å². The third-order valence-electron chi connectivity index (χ3n) is 7.14. The van der Waals surface area contributed by atoms with Crippen molar-refractivity contribution < 1.29 is 9.15 Å². The van der Waals surface area contributed by atoms with E-state index in [1.807, 2.05) is 65.2 Å². The van der Waals surface area contributed by atoms with E-state index in [9.17, 15) is 4.79 Å². The van der Waals surface area contributed by atoms with E-state index in [0.717, 1.165) is 45.4 Å². The first-order valence-electron chi connectivity index (χ1n) is 12.8. The molecular weight excluding hydrogens is 524 g/mol. The van der Waals surface area contributed by atoms with Gasteiger partial charge in [-0.15, -0.1) is 0 Å². The number of rotatable bonds is 5. The number of thiazole rings is 1. The van der Waals surface area contributed by atoms with Gasteiger partial charge in [-0.05, 0) is 65.9 Å². The highest BCUT2D eigenvalue weighted by Gasteiger charge is 2.32. The number of fused-ring (bicyclic) bond motifs is 3. The summed E-state index contributed by atoms with van der Waals surface area (Å²) in [6.07, 6.45) is 3.62. The number of aromatic nitrogens is 1. The molecule has 2 aromatic heterocycles. The highest BCUT2D eigenvalue weighted by atomic mass is 32.2. The number of hydrogen-bond donors (Lipinski definition) is 0. The van der Waals surface area contributed by atoms with E-state index in [2.05, 4.69) is 36.4 Å². The Hall–Kier alpha value is -4.07. The molecule has 1 atom stereocenters. The van der Waals surface area contributed by atoms with Gasteiger partial charge < -0.3 is 9.15 Å². The molecule has 0 saturated carbocycles. The molecule has 0 fully saturated rings. The molecule has 0 N–H and O–H groups in total. The van der Waals surface area contributed by atoms with Crippen LogP contribution in [0.3, 0.4) is 0 Å². The lowest BCUT2D eigenvalue weighted by molar-refractivity contribution is 0.414. The van der Waals surface area contributed by atoms with Crippen LogP contribution in [0.4, 0.5) is 0 Å². The first-order chi connectivity index (χ1) is 19.2. The molecule has 1 aliphatic heterocycles. The van der Waals surface area contributed by atoms with Crippen molar-refractivity contribution in [3.8, 4) is 5.75 Å². The smallest absolute Gasteiger partial charge is 0.271 e. The fourth-order valence-corrected chi connectivity index (χ4v) is 7.09. The van der Waals surface area contributed by atoms with E-state index >= 15 is 0 Å².